The summed E-state index contributed by atoms with van der Waals surface area (Å²) in [6.45, 7) is 7.44. The summed E-state index contributed by atoms with van der Waals surface area (Å²) in [7, 11) is 1.47. The van der Waals surface area contributed by atoms with Crippen LogP contribution >= 0.6 is 11.6 Å². The van der Waals surface area contributed by atoms with E-state index in [4.69, 9.17) is 65.8 Å². The first-order valence-electron chi connectivity index (χ1n) is 41.8. The SMILES string of the molecule is CN[C@H](CC(C)C)C(=O)N[C@H]1C(=O)N[C@@H](CC(N)=O)C(=O)N[C@H]2C(=O)N[C@H]3C(=O)N[C@H](C(=O)N[C@H](C(=O)C(=O)CNOCc4ccc(Cc5ccccc5)cc4)c4cc(O)cc(O)c4-c4cc3ccc4O)[C@H](O[C@H]3C[C@](C)(N)[C@@H](O)[C@H](C)O3)c3ccc(cc3)Oc3cc2cc(c3O[C@@H]2O[C@H](CO)[C@@H](O)[C@H](O)[C@H]2O[C@H]2C[C@](C)(NN[O-])[C@@H](O)[C@H](C)O2)Oc2ccc(cc2Cl)C1O. The highest BCUT2D eigenvalue weighted by atomic mass is 35.5. The summed E-state index contributed by atoms with van der Waals surface area (Å²) in [4.78, 5) is 144. The number of halogens is 1. The van der Waals surface area contributed by atoms with Crippen LogP contribution in [0.5, 0.6) is 46.0 Å². The molecule has 1 unspecified atom stereocenters. The Labute approximate surface area is 749 Å². The van der Waals surface area contributed by atoms with Gasteiger partial charge in [0.15, 0.2) is 30.2 Å². The van der Waals surface area contributed by atoms with Gasteiger partial charge in [-0.25, -0.2) is 0 Å². The van der Waals surface area contributed by atoms with Gasteiger partial charge in [-0.05, 0) is 153 Å². The van der Waals surface area contributed by atoms with Crippen LogP contribution in [-0.4, -0.2) is 222 Å². The number of phenolic OH excluding ortho intramolecular Hbond substituents is 3. The monoisotopic (exact) mass is 1820 g/mol. The molecule has 22 atom stereocenters. The number of nitrogens with one attached hydrogen (secondary N) is 10. The Morgan fingerprint density at radius 1 is 0.662 bits per heavy atom. The number of carbonyl (C=O) groups is 9. The minimum absolute atomic E-state index is 0.0855. The number of benzene rings is 7. The lowest BCUT2D eigenvalue weighted by Crippen LogP contribution is -2.66. The first-order chi connectivity index (χ1) is 61.8. The average molecular weight is 1830 g/mol. The van der Waals surface area contributed by atoms with E-state index in [9.17, 15) is 65.5 Å². The van der Waals surface area contributed by atoms with Crippen molar-refractivity contribution in [2.24, 2.45) is 17.4 Å². The number of amides is 7. The van der Waals surface area contributed by atoms with Gasteiger partial charge in [-0.1, -0.05) is 104 Å². The average Bonchev–Trinajstić information content (AvgIpc) is 0.787. The van der Waals surface area contributed by atoms with E-state index >= 15 is 28.8 Å². The third-order valence-electron chi connectivity index (χ3n) is 23.5. The third kappa shape index (κ3) is 21.7. The molecule has 7 aromatic rings. The van der Waals surface area contributed by atoms with Gasteiger partial charge in [-0.3, -0.25) is 53.4 Å². The molecule has 11 bridgehead atoms. The van der Waals surface area contributed by atoms with Gasteiger partial charge in [-0.15, -0.1) is 0 Å². The van der Waals surface area contributed by atoms with Crippen LogP contribution in [0.3, 0.4) is 0 Å². The van der Waals surface area contributed by atoms with E-state index in [1.54, 1.807) is 17.7 Å². The fourth-order valence-electron chi connectivity index (χ4n) is 16.5. The summed E-state index contributed by atoms with van der Waals surface area (Å²) in [5.41, 5.74) is 16.0. The number of Topliss-reactive ketones (excluding diaryl/α,β-unsaturated/α-hetero) is 2. The van der Waals surface area contributed by atoms with Crippen LogP contribution < -0.4 is 79.4 Å². The normalized spacial score (nSPS) is 29.0. The van der Waals surface area contributed by atoms with E-state index in [0.29, 0.717) is 12.0 Å². The van der Waals surface area contributed by atoms with Crippen LogP contribution in [-0.2, 0) is 84.7 Å². The molecule has 23 N–H and O–H groups in total. The van der Waals surface area contributed by atoms with Gasteiger partial charge in [-0.2, -0.15) is 5.48 Å². The van der Waals surface area contributed by atoms with E-state index < -0.39 is 263 Å². The largest absolute Gasteiger partial charge is 0.774 e. The van der Waals surface area contributed by atoms with Crippen LogP contribution in [0.4, 0.5) is 0 Å². The van der Waals surface area contributed by atoms with Crippen molar-refractivity contribution in [3.05, 3.63) is 194 Å². The Bertz CT molecular complexity index is 5340. The van der Waals surface area contributed by atoms with Gasteiger partial charge in [0, 0.05) is 35.6 Å². The summed E-state index contributed by atoms with van der Waals surface area (Å²) in [6, 6.07) is 18.1. The highest BCUT2D eigenvalue weighted by molar-refractivity contribution is 6.40. The summed E-state index contributed by atoms with van der Waals surface area (Å²) in [5, 5.41) is 136. The number of aliphatic hydroxyl groups is 6. The number of nitrogens with two attached hydrogens (primary N) is 2. The molecule has 15 rings (SSSR count). The molecule has 0 spiro atoms. The number of fused-ring (bicyclic) bond motifs is 15. The maximum Gasteiger partial charge on any atom is 0.248 e. The smallest absolute Gasteiger partial charge is 0.248 e. The molecule has 0 radical (unpaired) electrons. The number of ketones is 2. The Balaban J connectivity index is 1.00. The number of likely N-dealkylation sites (N-methyl/N-ethyl adjacent to an activating group) is 1. The van der Waals surface area contributed by atoms with Crippen LogP contribution in [0.1, 0.15) is 142 Å². The number of ether oxygens (including phenoxy) is 8. The zero-order chi connectivity index (χ0) is 93.6. The van der Waals surface area contributed by atoms with Crippen LogP contribution in [0.2, 0.25) is 5.02 Å². The van der Waals surface area contributed by atoms with E-state index in [1.165, 1.54) is 71.1 Å². The Hall–Kier alpha value is -11.5. The van der Waals surface area contributed by atoms with Crippen molar-refractivity contribution in [3.63, 3.8) is 0 Å². The maximum atomic E-state index is 16.6. The number of aromatic hydroxyl groups is 3. The lowest BCUT2D eigenvalue weighted by atomic mass is 9.86. The molecule has 696 valence electrons. The number of hydrazine groups is 1. The summed E-state index contributed by atoms with van der Waals surface area (Å²) in [5.74, 6) is -17.0. The molecular formula is C89H104ClN12O28-. The minimum atomic E-state index is -2.40. The van der Waals surface area contributed by atoms with E-state index in [2.05, 4.69) is 48.1 Å². The molecule has 3 fully saturated rings. The Morgan fingerprint density at radius 2 is 1.30 bits per heavy atom. The van der Waals surface area contributed by atoms with Crippen molar-refractivity contribution in [2.45, 2.75) is 214 Å². The molecule has 0 saturated carbocycles. The minimum Gasteiger partial charge on any atom is -0.774 e. The molecule has 7 amide bonds. The van der Waals surface area contributed by atoms with Crippen LogP contribution in [0.25, 0.3) is 11.1 Å². The quantitative estimate of drug-likeness (QED) is 0.0220. The number of carbonyl (C=O) groups excluding carboxylic acids is 9. The lowest BCUT2D eigenvalue weighted by Gasteiger charge is -2.48. The predicted octanol–water partition coefficient (Wildman–Crippen LogP) is 1.69. The van der Waals surface area contributed by atoms with Gasteiger partial charge < -0.3 is 143 Å². The molecule has 8 heterocycles. The molecule has 0 aliphatic carbocycles. The number of hydrogen-bond donors (Lipinski definition) is 21. The fraction of sp³-hybridized carbons (Fsp3) is 0.427. The van der Waals surface area contributed by atoms with Crippen molar-refractivity contribution in [1.82, 2.24) is 53.7 Å². The number of hydroxylamine groups is 1. The van der Waals surface area contributed by atoms with Crippen LogP contribution in [0.15, 0.2) is 140 Å². The second-order valence-corrected chi connectivity index (χ2v) is 34.2. The highest BCUT2D eigenvalue weighted by Crippen LogP contribution is 2.50. The van der Waals surface area contributed by atoms with Crippen molar-refractivity contribution in [1.29, 1.82) is 0 Å². The fourth-order valence-corrected chi connectivity index (χ4v) is 16.7. The topological polar surface area (TPSA) is 614 Å². The second kappa shape index (κ2) is 40.9. The summed E-state index contributed by atoms with van der Waals surface area (Å²) in [6.07, 6.45) is -23.0. The number of rotatable bonds is 25. The zero-order valence-electron chi connectivity index (χ0n) is 71.4. The molecule has 40 nitrogen and oxygen atoms in total. The standard InChI is InChI=1S/C89H104ClN12O28/c1-39(2)25-54(93-7)81(115)99-70-72(109)47-20-24-59(53(90)28-47)126-61-30-48-29-60(77(61)130-87-78(75(112)74(111)62(37-103)127-87)129-65-35-89(6,101-102-121)80(114)41(4)124-65)125-50-21-17-45(18-22-50)76(128-64-34-88(5,92)79(113)40(3)123-64)71-86(120)98-69(73(110)58(107)36-94-122-38-44-15-13-43(14-16-44)26-42-11-9-8-10-12-42)52-31-49(104)32-57(106)66(52)51-27-46(19-23-56(51)105)67(83(117)100-71)97-84(118)68(48)96-82(116)55(33-63(91)108)95-85(70)119/h8-24,27-32,39-41,54-55,62,64-65,67-72,74-76,78-80,87,93-94,101-106,109,111-114H,25-26,33-38,92H2,1-7H3,(H2,91,108)(H,95,119)(H,96,116)(H,97,118)(H,98,120)(H,99,115)(H,100,117)/q-1/t40-,41-,54+,55-,62+,64-,65-,67+,68+,69-,70+,71-,72?,74+,75-,76+,78+,79-,80-,87-,88-,89-/m0/s1. The van der Waals surface area contributed by atoms with E-state index in [0.717, 1.165) is 59.7 Å². The molecular weight excluding hydrogens is 1720 g/mol. The van der Waals surface area contributed by atoms with E-state index in [-0.39, 0.29) is 65.0 Å². The van der Waals surface area contributed by atoms with Crippen molar-refractivity contribution in [2.75, 3.05) is 20.2 Å². The number of primary amides is 1. The van der Waals surface area contributed by atoms with Gasteiger partial charge >= 0.3 is 0 Å². The van der Waals surface area contributed by atoms with Crippen molar-refractivity contribution >= 4 is 64.5 Å². The zero-order valence-corrected chi connectivity index (χ0v) is 72.1. The van der Waals surface area contributed by atoms with Gasteiger partial charge in [0.25, 0.3) is 0 Å². The molecule has 41 heteroatoms. The van der Waals surface area contributed by atoms with Gasteiger partial charge in [0.2, 0.25) is 65.0 Å². The van der Waals surface area contributed by atoms with Crippen molar-refractivity contribution < 1.29 is 132 Å². The lowest BCUT2D eigenvalue weighted by molar-refractivity contribution is -0.335. The number of hydrogen-bond acceptors (Lipinski definition) is 33. The van der Waals surface area contributed by atoms with E-state index in [1.807, 2.05) is 56.3 Å². The molecule has 0 aromatic heterocycles. The number of aliphatic hydroxyl groups excluding tert-OH is 6. The van der Waals surface area contributed by atoms with Crippen LogP contribution in [0, 0.1) is 11.1 Å². The predicted molar refractivity (Wildman–Crippen MR) is 457 cm³/mol. The second-order valence-electron chi connectivity index (χ2n) is 33.8. The Kier molecular flexibility index (Phi) is 30.2. The first kappa shape index (κ1) is 96.1. The van der Waals surface area contributed by atoms with Gasteiger partial charge in [0.1, 0.15) is 95.5 Å². The first-order valence-corrected chi connectivity index (χ1v) is 42.2. The molecule has 7 aromatic carbocycles. The third-order valence-corrected chi connectivity index (χ3v) is 23.8. The maximum absolute atomic E-state index is 16.6. The molecule has 3 saturated heterocycles. The van der Waals surface area contributed by atoms with Crippen molar-refractivity contribution in [3.8, 4) is 57.1 Å². The summed E-state index contributed by atoms with van der Waals surface area (Å²) >= 11 is 7.19. The summed E-state index contributed by atoms with van der Waals surface area (Å²) < 4.78 is 52.3. The Morgan fingerprint density at radius 3 is 1.96 bits per heavy atom. The molecule has 130 heavy (non-hydrogen) atoms. The molecule has 8 aliphatic rings. The van der Waals surface area contributed by atoms with Gasteiger partial charge in [0.05, 0.1) is 67.2 Å². The number of phenols is 3. The molecule has 8 aliphatic heterocycles. The highest BCUT2D eigenvalue weighted by Gasteiger charge is 2.53.